The number of benzene rings is 5. The van der Waals surface area contributed by atoms with Crippen molar-refractivity contribution < 1.29 is 33.2 Å². The first-order valence-corrected chi connectivity index (χ1v) is 16.9. The summed E-state index contributed by atoms with van der Waals surface area (Å²) in [6.07, 6.45) is 1.90. The summed E-state index contributed by atoms with van der Waals surface area (Å²) in [6, 6.07) is 36.3. The summed E-state index contributed by atoms with van der Waals surface area (Å²) in [5.74, 6) is 1.60. The Bertz CT molecular complexity index is 1840. The van der Waals surface area contributed by atoms with Crippen molar-refractivity contribution in [2.75, 3.05) is 26.4 Å². The van der Waals surface area contributed by atoms with Gasteiger partial charge in [0.15, 0.2) is 23.0 Å². The molecule has 0 radical (unpaired) electrons. The van der Waals surface area contributed by atoms with Gasteiger partial charge in [0.25, 0.3) is 0 Å². The van der Waals surface area contributed by atoms with E-state index in [1.807, 2.05) is 36.4 Å². The van der Waals surface area contributed by atoms with Gasteiger partial charge in [-0.1, -0.05) is 93.6 Å². The molecule has 0 aliphatic rings. The molecule has 8 heteroatoms. The second-order valence-electron chi connectivity index (χ2n) is 12.4. The summed E-state index contributed by atoms with van der Waals surface area (Å²) in [5.41, 5.74) is 5.34. The molecule has 5 aromatic carbocycles. The van der Waals surface area contributed by atoms with Gasteiger partial charge >= 0.3 is 0 Å². The average molecular weight is 706 g/mol. The zero-order valence-corrected chi connectivity index (χ0v) is 29.3. The Morgan fingerprint density at radius 3 is 1.98 bits per heavy atom. The van der Waals surface area contributed by atoms with E-state index < -0.39 is 0 Å². The number of phenols is 1. The largest absolute Gasteiger partial charge is 0.504 e. The molecule has 0 aliphatic carbocycles. The summed E-state index contributed by atoms with van der Waals surface area (Å²) in [4.78, 5) is 11.4. The van der Waals surface area contributed by atoms with Crippen LogP contribution < -0.4 is 14.2 Å². The minimum atomic E-state index is -0.309. The molecular weight excluding hydrogens is 657 g/mol. The molecule has 272 valence electrons. The SMILES string of the molecule is C.Cc1ccc(CCOc2ccc(C=O)cc2OC(COCC(C)C)c2ccccc2)cc1.N#Cc1ccc(OCCc2ccc(F)cc2)c(O)c1. The first-order chi connectivity index (χ1) is 24.7. The zero-order chi connectivity index (χ0) is 36.4. The number of aldehydes is 1. The molecule has 0 aliphatic heterocycles. The Kier molecular flexibility index (Phi) is 16.9. The number of nitriles is 1. The molecule has 1 unspecified atom stereocenters. The molecule has 0 saturated heterocycles. The van der Waals surface area contributed by atoms with Crippen LogP contribution >= 0.6 is 0 Å². The van der Waals surface area contributed by atoms with Gasteiger partial charge in [-0.15, -0.1) is 0 Å². The highest BCUT2D eigenvalue weighted by atomic mass is 19.1. The van der Waals surface area contributed by atoms with E-state index in [0.717, 1.165) is 23.8 Å². The highest BCUT2D eigenvalue weighted by Crippen LogP contribution is 2.33. The fourth-order valence-electron chi connectivity index (χ4n) is 4.91. The van der Waals surface area contributed by atoms with Gasteiger partial charge in [0, 0.05) is 31.1 Å². The van der Waals surface area contributed by atoms with Crippen molar-refractivity contribution in [2.24, 2.45) is 5.92 Å². The molecule has 0 bridgehead atoms. The second-order valence-corrected chi connectivity index (χ2v) is 12.4. The van der Waals surface area contributed by atoms with Gasteiger partial charge in [0.05, 0.1) is 31.5 Å². The van der Waals surface area contributed by atoms with Crippen LogP contribution in [0.4, 0.5) is 4.39 Å². The quantitative estimate of drug-likeness (QED) is 0.102. The number of hydrogen-bond donors (Lipinski definition) is 1. The van der Waals surface area contributed by atoms with E-state index in [1.54, 1.807) is 42.5 Å². The predicted molar refractivity (Wildman–Crippen MR) is 203 cm³/mol. The molecule has 0 fully saturated rings. The number of hydrogen-bond acceptors (Lipinski definition) is 7. The number of rotatable bonds is 16. The standard InChI is InChI=1S/C28H32O4.C15H12FNO2.CH4/c1-21(2)19-30-20-28(25-7-5-4-6-8-25)32-27-17-24(18-29)13-14-26(27)31-16-15-23-11-9-22(3)10-12-23;16-13-4-1-11(2-5-13)7-8-19-15-6-3-12(10-17)9-14(15)18;/h4-14,17-18,21,28H,15-16,19-20H2,1-3H3;1-6,9,18H,7-8H2;1H4. The molecule has 0 saturated carbocycles. The van der Waals surface area contributed by atoms with Gasteiger partial charge in [-0.25, -0.2) is 4.39 Å². The summed E-state index contributed by atoms with van der Waals surface area (Å²) in [5, 5.41) is 18.3. The fourth-order valence-corrected chi connectivity index (χ4v) is 4.91. The first-order valence-electron chi connectivity index (χ1n) is 16.9. The second kappa shape index (κ2) is 21.5. The van der Waals surface area contributed by atoms with Crippen LogP contribution in [0.1, 0.15) is 65.6 Å². The lowest BCUT2D eigenvalue weighted by Gasteiger charge is -2.22. The maximum absolute atomic E-state index is 12.7. The van der Waals surface area contributed by atoms with Crippen molar-refractivity contribution in [3.63, 3.8) is 0 Å². The maximum atomic E-state index is 12.7. The number of halogens is 1. The molecule has 5 aromatic rings. The van der Waals surface area contributed by atoms with Gasteiger partial charge in [-0.2, -0.15) is 5.26 Å². The normalized spacial score (nSPS) is 10.9. The molecule has 52 heavy (non-hydrogen) atoms. The van der Waals surface area contributed by atoms with E-state index in [2.05, 4.69) is 45.0 Å². The summed E-state index contributed by atoms with van der Waals surface area (Å²) < 4.78 is 36.5. The van der Waals surface area contributed by atoms with E-state index in [0.29, 0.717) is 67.1 Å². The smallest absolute Gasteiger partial charge is 0.162 e. The number of phenolic OH excluding ortho intramolecular Hbond substituents is 1. The summed E-state index contributed by atoms with van der Waals surface area (Å²) in [7, 11) is 0. The molecule has 0 heterocycles. The number of carbonyl (C=O) groups is 1. The van der Waals surface area contributed by atoms with E-state index in [4.69, 9.17) is 24.2 Å². The van der Waals surface area contributed by atoms with Crippen molar-refractivity contribution in [2.45, 2.75) is 47.1 Å². The molecular formula is C44H48FNO6. The number of carbonyl (C=O) groups excluding carboxylic acids is 1. The Labute approximate surface area is 307 Å². The van der Waals surface area contributed by atoms with E-state index >= 15 is 0 Å². The lowest BCUT2D eigenvalue weighted by molar-refractivity contribution is 0.0356. The maximum Gasteiger partial charge on any atom is 0.162 e. The lowest BCUT2D eigenvalue weighted by atomic mass is 10.1. The van der Waals surface area contributed by atoms with Crippen LogP contribution in [-0.2, 0) is 17.6 Å². The van der Waals surface area contributed by atoms with Crippen LogP contribution in [0.3, 0.4) is 0 Å². The highest BCUT2D eigenvalue weighted by molar-refractivity contribution is 5.76. The van der Waals surface area contributed by atoms with Crippen molar-refractivity contribution >= 4 is 6.29 Å². The van der Waals surface area contributed by atoms with Crippen molar-refractivity contribution in [1.82, 2.24) is 0 Å². The topological polar surface area (TPSA) is 98.0 Å². The van der Waals surface area contributed by atoms with E-state index in [9.17, 15) is 14.3 Å². The van der Waals surface area contributed by atoms with Gasteiger partial charge in [0.1, 0.15) is 18.2 Å². The van der Waals surface area contributed by atoms with Gasteiger partial charge in [-0.05, 0) is 72.0 Å². The fraction of sp³-hybridized carbons (Fsp3) is 0.273. The van der Waals surface area contributed by atoms with Crippen LogP contribution in [0.2, 0.25) is 0 Å². The number of aryl methyl sites for hydroxylation is 1. The van der Waals surface area contributed by atoms with Gasteiger partial charge in [0.2, 0.25) is 0 Å². The van der Waals surface area contributed by atoms with Crippen LogP contribution in [-0.4, -0.2) is 37.8 Å². The van der Waals surface area contributed by atoms with Crippen molar-refractivity contribution in [1.29, 1.82) is 5.26 Å². The molecule has 1 N–H and O–H groups in total. The lowest BCUT2D eigenvalue weighted by Crippen LogP contribution is -2.17. The van der Waals surface area contributed by atoms with Crippen LogP contribution in [0, 0.1) is 30.0 Å². The predicted octanol–water partition coefficient (Wildman–Crippen LogP) is 9.88. The molecule has 0 spiro atoms. The van der Waals surface area contributed by atoms with E-state index in [-0.39, 0.29) is 25.1 Å². The van der Waals surface area contributed by atoms with Crippen LogP contribution in [0.25, 0.3) is 0 Å². The third-order valence-corrected chi connectivity index (χ3v) is 7.68. The van der Waals surface area contributed by atoms with Gasteiger partial charge < -0.3 is 24.1 Å². The highest BCUT2D eigenvalue weighted by Gasteiger charge is 2.18. The Morgan fingerprint density at radius 1 is 0.769 bits per heavy atom. The monoisotopic (exact) mass is 705 g/mol. The van der Waals surface area contributed by atoms with Crippen molar-refractivity contribution in [3.8, 4) is 29.1 Å². The molecule has 5 rings (SSSR count). The third kappa shape index (κ3) is 13.6. The van der Waals surface area contributed by atoms with Crippen LogP contribution in [0.5, 0.6) is 23.0 Å². The average Bonchev–Trinajstić information content (AvgIpc) is 3.14. The number of aromatic hydroxyl groups is 1. The van der Waals surface area contributed by atoms with Crippen LogP contribution in [0.15, 0.2) is 115 Å². The minimum Gasteiger partial charge on any atom is -0.504 e. The summed E-state index contributed by atoms with van der Waals surface area (Å²) >= 11 is 0. The molecule has 7 nitrogen and oxygen atoms in total. The van der Waals surface area contributed by atoms with Crippen molar-refractivity contribution in [3.05, 3.63) is 154 Å². The number of nitrogens with zero attached hydrogens (tertiary/aromatic N) is 1. The van der Waals surface area contributed by atoms with E-state index in [1.165, 1.54) is 29.3 Å². The Hall–Kier alpha value is -5.65. The molecule has 1 atom stereocenters. The zero-order valence-electron chi connectivity index (χ0n) is 29.3. The first kappa shape index (κ1) is 40.8. The summed E-state index contributed by atoms with van der Waals surface area (Å²) in [6.45, 7) is 8.26. The third-order valence-electron chi connectivity index (χ3n) is 7.68. The Morgan fingerprint density at radius 2 is 1.38 bits per heavy atom. The Balaban J connectivity index is 0.000000311. The minimum absolute atomic E-state index is 0. The molecule has 0 amide bonds. The van der Waals surface area contributed by atoms with Gasteiger partial charge in [-0.3, -0.25) is 4.79 Å². The number of ether oxygens (including phenoxy) is 4. The molecule has 0 aromatic heterocycles.